The van der Waals surface area contributed by atoms with E-state index in [1.165, 1.54) is 0 Å². The molecule has 0 saturated heterocycles. The predicted octanol–water partition coefficient (Wildman–Crippen LogP) is 5.06. The van der Waals surface area contributed by atoms with Gasteiger partial charge in [-0.15, -0.1) is 0 Å². The van der Waals surface area contributed by atoms with E-state index in [1.807, 2.05) is 36.4 Å². The van der Waals surface area contributed by atoms with Gasteiger partial charge in [-0.1, -0.05) is 48.5 Å². The molecule has 2 amide bonds. The Balaban J connectivity index is 1.63. The van der Waals surface area contributed by atoms with E-state index >= 15 is 0 Å². The van der Waals surface area contributed by atoms with Gasteiger partial charge in [0.25, 0.3) is 0 Å². The Hall–Kier alpha value is -3.55. The van der Waals surface area contributed by atoms with Crippen LogP contribution in [0.4, 0.5) is 9.59 Å². The van der Waals surface area contributed by atoms with Gasteiger partial charge in [0.2, 0.25) is 0 Å². The second-order valence-electron chi connectivity index (χ2n) is 10.5. The van der Waals surface area contributed by atoms with E-state index in [9.17, 15) is 19.5 Å². The standard InChI is InChI=1S/C27H34N2O6/c1-26(2,3)35-25(33)29-27(4,5)15-17(14-23(30)31)28-24(32)34-16-22-20-12-8-6-10-18(20)19-11-7-9-13-21(19)22/h6-13,17,22H,14-16H2,1-5H3,(H,28,32)(H,29,33)(H,30,31). The fraction of sp³-hybridized carbons (Fsp3) is 0.444. The SMILES string of the molecule is CC(C)(CC(CC(=O)O)NC(=O)OCC1c2ccccc2-c2ccccc21)NC(=O)OC(C)(C)C. The molecule has 0 bridgehead atoms. The van der Waals surface area contributed by atoms with Crippen molar-refractivity contribution in [1.82, 2.24) is 10.6 Å². The predicted molar refractivity (Wildman–Crippen MR) is 132 cm³/mol. The van der Waals surface area contributed by atoms with Gasteiger partial charge in [-0.05, 0) is 63.3 Å². The van der Waals surface area contributed by atoms with Gasteiger partial charge in [-0.2, -0.15) is 0 Å². The molecule has 0 fully saturated rings. The van der Waals surface area contributed by atoms with Crippen molar-refractivity contribution in [2.45, 2.75) is 70.6 Å². The van der Waals surface area contributed by atoms with Crippen LogP contribution in [0.25, 0.3) is 11.1 Å². The number of amides is 2. The number of alkyl carbamates (subject to hydrolysis) is 2. The molecule has 8 heteroatoms. The summed E-state index contributed by atoms with van der Waals surface area (Å²) in [6, 6.07) is 15.3. The molecule has 0 saturated carbocycles. The fourth-order valence-electron chi connectivity index (χ4n) is 4.44. The zero-order chi connectivity index (χ0) is 25.8. The van der Waals surface area contributed by atoms with Crippen LogP contribution in [0.3, 0.4) is 0 Å². The third kappa shape index (κ3) is 7.21. The first-order valence-electron chi connectivity index (χ1n) is 11.7. The molecule has 0 spiro atoms. The zero-order valence-corrected chi connectivity index (χ0v) is 20.9. The lowest BCUT2D eigenvalue weighted by Crippen LogP contribution is -2.51. The van der Waals surface area contributed by atoms with Gasteiger partial charge in [0, 0.05) is 17.5 Å². The number of fused-ring (bicyclic) bond motifs is 3. The first-order valence-corrected chi connectivity index (χ1v) is 11.7. The number of carboxylic acids is 1. The number of aliphatic carboxylic acids is 1. The van der Waals surface area contributed by atoms with Crippen LogP contribution in [0.1, 0.15) is 64.5 Å². The highest BCUT2D eigenvalue weighted by atomic mass is 16.6. The molecular formula is C27H34N2O6. The normalized spacial score (nSPS) is 13.9. The van der Waals surface area contributed by atoms with Crippen LogP contribution in [0.2, 0.25) is 0 Å². The lowest BCUT2D eigenvalue weighted by Gasteiger charge is -2.31. The Kier molecular flexibility index (Phi) is 7.73. The summed E-state index contributed by atoms with van der Waals surface area (Å²) in [6.07, 6.45) is -1.46. The van der Waals surface area contributed by atoms with Crippen LogP contribution in [0.15, 0.2) is 48.5 Å². The van der Waals surface area contributed by atoms with Crippen molar-refractivity contribution >= 4 is 18.2 Å². The van der Waals surface area contributed by atoms with E-state index in [0.29, 0.717) is 0 Å². The third-order valence-electron chi connectivity index (χ3n) is 5.68. The number of rotatable bonds is 8. The minimum absolute atomic E-state index is 0.101. The summed E-state index contributed by atoms with van der Waals surface area (Å²) >= 11 is 0. The first kappa shape index (κ1) is 26.1. The van der Waals surface area contributed by atoms with Gasteiger partial charge < -0.3 is 25.2 Å². The summed E-state index contributed by atoms with van der Waals surface area (Å²) in [5, 5.41) is 14.8. The zero-order valence-electron chi connectivity index (χ0n) is 20.9. The van der Waals surface area contributed by atoms with Crippen molar-refractivity contribution in [3.05, 3.63) is 59.7 Å². The highest BCUT2D eigenvalue weighted by Gasteiger charge is 2.32. The number of carbonyl (C=O) groups is 3. The minimum Gasteiger partial charge on any atom is -0.481 e. The topological polar surface area (TPSA) is 114 Å². The Bertz CT molecular complexity index is 1040. The van der Waals surface area contributed by atoms with E-state index in [-0.39, 0.29) is 25.4 Å². The van der Waals surface area contributed by atoms with E-state index in [0.717, 1.165) is 22.3 Å². The summed E-state index contributed by atoms with van der Waals surface area (Å²) in [4.78, 5) is 36.3. The number of carbonyl (C=O) groups excluding carboxylic acids is 2. The smallest absolute Gasteiger partial charge is 0.408 e. The maximum atomic E-state index is 12.7. The molecule has 0 heterocycles. The number of hydrogen-bond acceptors (Lipinski definition) is 5. The van der Waals surface area contributed by atoms with E-state index < -0.39 is 35.3 Å². The molecule has 3 N–H and O–H groups in total. The van der Waals surface area contributed by atoms with Crippen molar-refractivity contribution in [2.24, 2.45) is 0 Å². The number of nitrogens with one attached hydrogen (secondary N) is 2. The third-order valence-corrected chi connectivity index (χ3v) is 5.68. The molecule has 3 rings (SSSR count). The maximum absolute atomic E-state index is 12.7. The van der Waals surface area contributed by atoms with Crippen molar-refractivity contribution in [3.63, 3.8) is 0 Å². The summed E-state index contributed by atoms with van der Waals surface area (Å²) in [5.74, 6) is -1.17. The molecular weight excluding hydrogens is 448 g/mol. The molecule has 2 aromatic rings. The van der Waals surface area contributed by atoms with Gasteiger partial charge >= 0.3 is 18.2 Å². The molecule has 0 radical (unpaired) electrons. The maximum Gasteiger partial charge on any atom is 0.408 e. The highest BCUT2D eigenvalue weighted by Crippen LogP contribution is 2.44. The van der Waals surface area contributed by atoms with Gasteiger partial charge in [-0.25, -0.2) is 9.59 Å². The molecule has 1 aliphatic carbocycles. The number of ether oxygens (including phenoxy) is 2. The Morgan fingerprint density at radius 1 is 0.914 bits per heavy atom. The minimum atomic E-state index is -1.07. The number of hydrogen-bond donors (Lipinski definition) is 3. The Morgan fingerprint density at radius 3 is 1.97 bits per heavy atom. The monoisotopic (exact) mass is 482 g/mol. The second kappa shape index (κ2) is 10.4. The molecule has 35 heavy (non-hydrogen) atoms. The second-order valence-corrected chi connectivity index (χ2v) is 10.5. The van der Waals surface area contributed by atoms with Gasteiger partial charge in [0.05, 0.1) is 6.42 Å². The van der Waals surface area contributed by atoms with Crippen molar-refractivity contribution < 1.29 is 29.0 Å². The molecule has 1 aliphatic rings. The largest absolute Gasteiger partial charge is 0.481 e. The number of benzene rings is 2. The van der Waals surface area contributed by atoms with Crippen molar-refractivity contribution in [3.8, 4) is 11.1 Å². The molecule has 0 aliphatic heterocycles. The Labute approximate surface area is 206 Å². The van der Waals surface area contributed by atoms with Crippen LogP contribution in [0, 0.1) is 0 Å². The van der Waals surface area contributed by atoms with E-state index in [4.69, 9.17) is 9.47 Å². The fourth-order valence-corrected chi connectivity index (χ4v) is 4.44. The van der Waals surface area contributed by atoms with Gasteiger partial charge in [0.1, 0.15) is 12.2 Å². The summed E-state index contributed by atoms with van der Waals surface area (Å²) < 4.78 is 10.9. The quantitative estimate of drug-likeness (QED) is 0.485. The average molecular weight is 483 g/mol. The van der Waals surface area contributed by atoms with Crippen LogP contribution >= 0.6 is 0 Å². The molecule has 2 aromatic carbocycles. The Morgan fingerprint density at radius 2 is 1.46 bits per heavy atom. The number of carboxylic acid groups (broad SMARTS) is 1. The van der Waals surface area contributed by atoms with Crippen LogP contribution in [-0.4, -0.2) is 47.1 Å². The van der Waals surface area contributed by atoms with Crippen LogP contribution in [-0.2, 0) is 14.3 Å². The van der Waals surface area contributed by atoms with E-state index in [2.05, 4.69) is 22.8 Å². The lowest BCUT2D eigenvalue weighted by atomic mass is 9.93. The summed E-state index contributed by atoms with van der Waals surface area (Å²) in [6.45, 7) is 8.87. The molecule has 1 atom stereocenters. The van der Waals surface area contributed by atoms with Gasteiger partial charge in [-0.3, -0.25) is 4.79 Å². The molecule has 188 valence electrons. The first-order chi connectivity index (χ1) is 16.3. The molecule has 8 nitrogen and oxygen atoms in total. The van der Waals surface area contributed by atoms with Gasteiger partial charge in [0.15, 0.2) is 0 Å². The van der Waals surface area contributed by atoms with Crippen LogP contribution in [0.5, 0.6) is 0 Å². The molecule has 1 unspecified atom stereocenters. The average Bonchev–Trinajstić information content (AvgIpc) is 3.03. The highest BCUT2D eigenvalue weighted by molar-refractivity contribution is 5.79. The van der Waals surface area contributed by atoms with Crippen LogP contribution < -0.4 is 10.6 Å². The summed E-state index contributed by atoms with van der Waals surface area (Å²) in [5.41, 5.74) is 2.92. The summed E-state index contributed by atoms with van der Waals surface area (Å²) in [7, 11) is 0. The van der Waals surface area contributed by atoms with Crippen molar-refractivity contribution in [1.29, 1.82) is 0 Å². The van der Waals surface area contributed by atoms with E-state index in [1.54, 1.807) is 34.6 Å². The lowest BCUT2D eigenvalue weighted by molar-refractivity contribution is -0.137. The molecule has 0 aromatic heterocycles. The van der Waals surface area contributed by atoms with Crippen molar-refractivity contribution in [2.75, 3.05) is 6.61 Å².